The molecule has 0 unspecified atom stereocenters. The molecule has 32 heavy (non-hydrogen) atoms. The maximum atomic E-state index is 14.6. The summed E-state index contributed by atoms with van der Waals surface area (Å²) in [5, 5.41) is 0.732. The number of likely N-dealkylation sites (N-methyl/N-ethyl adjacent to an activating group) is 1. The largest absolute Gasteiger partial charge is 0.491 e. The zero-order chi connectivity index (χ0) is 22.8. The normalized spacial score (nSPS) is 17.2. The second-order valence-electron chi connectivity index (χ2n) is 7.79. The highest BCUT2D eigenvalue weighted by atomic mass is 19.4. The van der Waals surface area contributed by atoms with Gasteiger partial charge in [-0.1, -0.05) is 0 Å². The van der Waals surface area contributed by atoms with E-state index in [0.29, 0.717) is 36.2 Å². The third-order valence-corrected chi connectivity index (χ3v) is 5.91. The Bertz CT molecular complexity index is 1280. The van der Waals surface area contributed by atoms with Gasteiger partial charge in [-0.25, -0.2) is 9.37 Å². The molecule has 0 radical (unpaired) electrons. The summed E-state index contributed by atoms with van der Waals surface area (Å²) in [5.74, 6) is -1.33. The number of aromatic nitrogens is 1. The molecule has 2 aromatic carbocycles. The van der Waals surface area contributed by atoms with Crippen LogP contribution in [0.3, 0.4) is 0 Å². The van der Waals surface area contributed by atoms with Gasteiger partial charge in [0.15, 0.2) is 0 Å². The number of nitrogens with zero attached hydrogens (tertiary/aromatic N) is 2. The van der Waals surface area contributed by atoms with Gasteiger partial charge in [0.05, 0.1) is 35.9 Å². The monoisotopic (exact) mass is 447 g/mol. The van der Waals surface area contributed by atoms with Crippen LogP contribution in [0.4, 0.5) is 23.4 Å². The summed E-state index contributed by atoms with van der Waals surface area (Å²) in [6.45, 7) is 0.547. The van der Waals surface area contributed by atoms with Crippen molar-refractivity contribution in [2.24, 2.45) is 0 Å². The van der Waals surface area contributed by atoms with Gasteiger partial charge in [0.25, 0.3) is 5.91 Å². The van der Waals surface area contributed by atoms with Gasteiger partial charge >= 0.3 is 6.18 Å². The van der Waals surface area contributed by atoms with Gasteiger partial charge in [-0.3, -0.25) is 4.79 Å². The van der Waals surface area contributed by atoms with Crippen molar-refractivity contribution >= 4 is 22.6 Å². The van der Waals surface area contributed by atoms with Gasteiger partial charge in [0.2, 0.25) is 0 Å². The smallest absolute Gasteiger partial charge is 0.416 e. The number of fused-ring (bicyclic) bond motifs is 4. The predicted molar refractivity (Wildman–Crippen MR) is 106 cm³/mol. The minimum absolute atomic E-state index is 0.0710. The molecule has 3 heterocycles. The lowest BCUT2D eigenvalue weighted by atomic mass is 10.0. The van der Waals surface area contributed by atoms with Crippen LogP contribution in [0.5, 0.6) is 5.75 Å². The number of hydrogen-bond donors (Lipinski definition) is 1. The number of carbonyl (C=O) groups excluding carboxylic acids is 1. The standard InChI is InChI=1S/C22H17F4N3O3/c1-29(17-9-32-18-6-11(22(24,25)26)5-15(23)19(17)18)21(30)10-2-3-16-12(4-10)13-7-31-8-14(13)20(27)28-16/h2-6,17H,7-9H2,1H3,(H2,27,28)/t17-/m1/s1. The number of nitrogen functional groups attached to an aromatic ring is 1. The highest BCUT2D eigenvalue weighted by Gasteiger charge is 2.38. The quantitative estimate of drug-likeness (QED) is 0.596. The molecule has 1 amide bonds. The molecular weight excluding hydrogens is 430 g/mol. The summed E-state index contributed by atoms with van der Waals surface area (Å²) in [6.07, 6.45) is -4.70. The SMILES string of the molecule is CN(C(=O)c1ccc2nc(N)c3c(c2c1)COC3)[C@@H]1COc2cc(C(F)(F)F)cc(F)c21. The lowest BCUT2D eigenvalue weighted by Gasteiger charge is -2.24. The van der Waals surface area contributed by atoms with Crippen LogP contribution in [0.1, 0.15) is 38.7 Å². The number of benzene rings is 2. The average molecular weight is 447 g/mol. The number of carbonyl (C=O) groups is 1. The van der Waals surface area contributed by atoms with E-state index in [2.05, 4.69) is 4.98 Å². The number of nitrogens with two attached hydrogens (primary N) is 1. The van der Waals surface area contributed by atoms with Crippen LogP contribution in [-0.2, 0) is 24.1 Å². The van der Waals surface area contributed by atoms with Gasteiger partial charge in [0, 0.05) is 23.6 Å². The second-order valence-corrected chi connectivity index (χ2v) is 7.79. The van der Waals surface area contributed by atoms with Crippen molar-refractivity contribution in [3.63, 3.8) is 0 Å². The summed E-state index contributed by atoms with van der Waals surface area (Å²) < 4.78 is 64.3. The minimum Gasteiger partial charge on any atom is -0.491 e. The first kappa shape index (κ1) is 20.5. The molecule has 0 bridgehead atoms. The molecule has 1 aromatic heterocycles. The van der Waals surface area contributed by atoms with E-state index in [0.717, 1.165) is 22.6 Å². The summed E-state index contributed by atoms with van der Waals surface area (Å²) in [5.41, 5.74) is 7.36. The third-order valence-electron chi connectivity index (χ3n) is 5.91. The van der Waals surface area contributed by atoms with Crippen LogP contribution in [0.15, 0.2) is 30.3 Å². The van der Waals surface area contributed by atoms with E-state index in [-0.39, 0.29) is 17.9 Å². The molecule has 5 rings (SSSR count). The molecule has 0 spiro atoms. The van der Waals surface area contributed by atoms with Gasteiger partial charge in [-0.05, 0) is 35.9 Å². The third kappa shape index (κ3) is 3.13. The van der Waals surface area contributed by atoms with Gasteiger partial charge in [0.1, 0.15) is 24.0 Å². The maximum Gasteiger partial charge on any atom is 0.416 e. The molecule has 1 atom stereocenters. The summed E-state index contributed by atoms with van der Waals surface area (Å²) in [4.78, 5) is 18.8. The molecule has 10 heteroatoms. The minimum atomic E-state index is -4.70. The molecule has 0 saturated carbocycles. The van der Waals surface area contributed by atoms with E-state index in [1.165, 1.54) is 11.9 Å². The highest BCUT2D eigenvalue weighted by Crippen LogP contribution is 2.42. The summed E-state index contributed by atoms with van der Waals surface area (Å²) >= 11 is 0. The average Bonchev–Trinajstić information content (AvgIpc) is 3.40. The zero-order valence-corrected chi connectivity index (χ0v) is 16.8. The predicted octanol–water partition coefficient (Wildman–Crippen LogP) is 4.21. The molecule has 6 nitrogen and oxygen atoms in total. The topological polar surface area (TPSA) is 77.7 Å². The molecule has 0 aliphatic carbocycles. The number of halogens is 4. The van der Waals surface area contributed by atoms with E-state index >= 15 is 0 Å². The van der Waals surface area contributed by atoms with E-state index in [4.69, 9.17) is 15.2 Å². The van der Waals surface area contributed by atoms with Crippen molar-refractivity contribution < 1.29 is 31.8 Å². The van der Waals surface area contributed by atoms with Gasteiger partial charge < -0.3 is 20.1 Å². The molecule has 3 aromatic rings. The molecule has 2 aliphatic heterocycles. The first-order chi connectivity index (χ1) is 15.1. The Kier molecular flexibility index (Phi) is 4.52. The van der Waals surface area contributed by atoms with Crippen LogP contribution in [-0.4, -0.2) is 29.4 Å². The Hall–Kier alpha value is -3.40. The lowest BCUT2D eigenvalue weighted by molar-refractivity contribution is -0.137. The summed E-state index contributed by atoms with van der Waals surface area (Å²) in [7, 11) is 1.46. The van der Waals surface area contributed by atoms with Crippen molar-refractivity contribution in [3.8, 4) is 5.75 Å². The van der Waals surface area contributed by atoms with Crippen molar-refractivity contribution in [2.75, 3.05) is 19.4 Å². The number of alkyl halides is 3. The molecule has 2 aliphatic rings. The Morgan fingerprint density at radius 3 is 2.69 bits per heavy atom. The second kappa shape index (κ2) is 7.06. The Morgan fingerprint density at radius 2 is 1.94 bits per heavy atom. The number of hydrogen-bond acceptors (Lipinski definition) is 5. The van der Waals surface area contributed by atoms with Crippen molar-refractivity contribution in [3.05, 3.63) is 64.0 Å². The van der Waals surface area contributed by atoms with Crippen LogP contribution >= 0.6 is 0 Å². The van der Waals surface area contributed by atoms with Gasteiger partial charge in [-0.15, -0.1) is 0 Å². The van der Waals surface area contributed by atoms with Crippen LogP contribution < -0.4 is 10.5 Å². The number of amides is 1. The zero-order valence-electron chi connectivity index (χ0n) is 16.8. The van der Waals surface area contributed by atoms with Crippen LogP contribution in [0.25, 0.3) is 10.9 Å². The number of pyridine rings is 1. The van der Waals surface area contributed by atoms with Crippen molar-refractivity contribution in [2.45, 2.75) is 25.4 Å². The Balaban J connectivity index is 1.49. The van der Waals surface area contributed by atoms with Crippen molar-refractivity contribution in [1.82, 2.24) is 9.88 Å². The molecule has 0 saturated heterocycles. The first-order valence-electron chi connectivity index (χ1n) is 9.74. The van der Waals surface area contributed by atoms with Crippen molar-refractivity contribution in [1.29, 1.82) is 0 Å². The molecule has 166 valence electrons. The molecular formula is C22H17F4N3O3. The number of anilines is 1. The number of rotatable bonds is 2. The highest BCUT2D eigenvalue weighted by molar-refractivity contribution is 5.99. The van der Waals surface area contributed by atoms with E-state index in [1.807, 2.05) is 0 Å². The maximum absolute atomic E-state index is 14.6. The molecule has 2 N–H and O–H groups in total. The van der Waals surface area contributed by atoms with E-state index in [1.54, 1.807) is 18.2 Å². The van der Waals surface area contributed by atoms with Gasteiger partial charge in [-0.2, -0.15) is 13.2 Å². The molecule has 0 fully saturated rings. The fourth-order valence-corrected chi connectivity index (χ4v) is 4.21. The summed E-state index contributed by atoms with van der Waals surface area (Å²) in [6, 6.07) is 5.24. The fraction of sp³-hybridized carbons (Fsp3) is 0.273. The number of ether oxygens (including phenoxy) is 2. The Morgan fingerprint density at radius 1 is 1.19 bits per heavy atom. The fourth-order valence-electron chi connectivity index (χ4n) is 4.21. The Labute approximate surface area is 179 Å². The first-order valence-corrected chi connectivity index (χ1v) is 9.74. The lowest BCUT2D eigenvalue weighted by Crippen LogP contribution is -2.32. The van der Waals surface area contributed by atoms with E-state index in [9.17, 15) is 22.4 Å². The van der Waals surface area contributed by atoms with E-state index < -0.39 is 29.5 Å². The van der Waals surface area contributed by atoms with Crippen LogP contribution in [0, 0.1) is 5.82 Å². The van der Waals surface area contributed by atoms with Crippen LogP contribution in [0.2, 0.25) is 0 Å².